The molecule has 1 fully saturated rings. The van der Waals surface area contributed by atoms with Crippen LogP contribution in [0.25, 0.3) is 0 Å². The van der Waals surface area contributed by atoms with Crippen molar-refractivity contribution in [2.24, 2.45) is 0 Å². The molecule has 1 saturated heterocycles. The maximum atomic E-state index is 13.2. The van der Waals surface area contributed by atoms with Crippen LogP contribution < -0.4 is 21.3 Å². The fraction of sp³-hybridized carbons (Fsp3) is 0.500. The van der Waals surface area contributed by atoms with Crippen LogP contribution in [0.15, 0.2) is 42.6 Å². The minimum atomic E-state index is -0.178. The van der Waals surface area contributed by atoms with Crippen molar-refractivity contribution in [1.82, 2.24) is 20.5 Å². The molecule has 7 nitrogen and oxygen atoms in total. The summed E-state index contributed by atoms with van der Waals surface area (Å²) in [5.74, 6) is 0.807. The van der Waals surface area contributed by atoms with E-state index in [9.17, 15) is 9.18 Å². The molecule has 2 unspecified atom stereocenters. The molecule has 0 spiro atoms. The van der Waals surface area contributed by atoms with Crippen molar-refractivity contribution in [3.63, 3.8) is 0 Å². The van der Waals surface area contributed by atoms with Gasteiger partial charge in [0.05, 0.1) is 5.69 Å². The lowest BCUT2D eigenvalue weighted by Crippen LogP contribution is -2.44. The summed E-state index contributed by atoms with van der Waals surface area (Å²) in [6.07, 6.45) is 5.48. The van der Waals surface area contributed by atoms with E-state index in [0.717, 1.165) is 64.3 Å². The number of benzene rings is 1. The number of carbonyl (C=O) groups excluding carboxylic acids is 1. The van der Waals surface area contributed by atoms with Gasteiger partial charge in [0.1, 0.15) is 5.82 Å². The Balaban J connectivity index is 1.37. The van der Waals surface area contributed by atoms with E-state index < -0.39 is 0 Å². The Morgan fingerprint density at radius 2 is 2.06 bits per heavy atom. The molecule has 1 aromatic heterocycles. The molecule has 0 radical (unpaired) electrons. The normalized spacial score (nSPS) is 18.8. The second-order valence-electron chi connectivity index (χ2n) is 8.20. The first-order valence-corrected chi connectivity index (χ1v) is 11.5. The average Bonchev–Trinajstić information content (AvgIpc) is 3.06. The lowest BCUT2D eigenvalue weighted by Gasteiger charge is -2.25. The van der Waals surface area contributed by atoms with Gasteiger partial charge in [-0.2, -0.15) is 0 Å². The maximum absolute atomic E-state index is 13.2. The summed E-state index contributed by atoms with van der Waals surface area (Å²) >= 11 is 0. The lowest BCUT2D eigenvalue weighted by atomic mass is 9.94. The van der Waals surface area contributed by atoms with Gasteiger partial charge in [0.15, 0.2) is 5.82 Å². The lowest BCUT2D eigenvalue weighted by molar-refractivity contribution is -0.105. The van der Waals surface area contributed by atoms with Gasteiger partial charge in [-0.15, -0.1) is 0 Å². The van der Waals surface area contributed by atoms with Gasteiger partial charge in [-0.3, -0.25) is 9.69 Å². The van der Waals surface area contributed by atoms with Crippen LogP contribution in [0.4, 0.5) is 15.9 Å². The number of hydrogen-bond donors (Lipinski definition) is 4. The molecule has 32 heavy (non-hydrogen) atoms. The molecule has 0 aliphatic carbocycles. The first kappa shape index (κ1) is 24.1. The van der Waals surface area contributed by atoms with E-state index in [1.807, 2.05) is 24.3 Å². The molecule has 3 rings (SSSR count). The number of anilines is 2. The summed E-state index contributed by atoms with van der Waals surface area (Å²) in [4.78, 5) is 17.3. The Bertz CT molecular complexity index is 818. The summed E-state index contributed by atoms with van der Waals surface area (Å²) in [5.41, 5.74) is 2.04. The predicted molar refractivity (Wildman–Crippen MR) is 127 cm³/mol. The van der Waals surface area contributed by atoms with Crippen molar-refractivity contribution in [3.8, 4) is 0 Å². The van der Waals surface area contributed by atoms with Crippen LogP contribution in [-0.4, -0.2) is 61.7 Å². The van der Waals surface area contributed by atoms with Gasteiger partial charge in [-0.1, -0.05) is 19.1 Å². The first-order valence-electron chi connectivity index (χ1n) is 11.5. The largest absolute Gasteiger partial charge is 0.382 e. The summed E-state index contributed by atoms with van der Waals surface area (Å²) in [5, 5.41) is 13.2. The monoisotopic (exact) mass is 442 g/mol. The molecule has 1 aliphatic heterocycles. The Kier molecular flexibility index (Phi) is 9.87. The fourth-order valence-electron chi connectivity index (χ4n) is 4.08. The van der Waals surface area contributed by atoms with Crippen LogP contribution >= 0.6 is 0 Å². The van der Waals surface area contributed by atoms with Crippen LogP contribution in [0.3, 0.4) is 0 Å². The van der Waals surface area contributed by atoms with Gasteiger partial charge < -0.3 is 21.3 Å². The second-order valence-corrected chi connectivity index (χ2v) is 8.20. The Morgan fingerprint density at radius 1 is 1.22 bits per heavy atom. The van der Waals surface area contributed by atoms with Crippen LogP contribution in [-0.2, 0) is 4.79 Å². The first-order chi connectivity index (χ1) is 15.7. The van der Waals surface area contributed by atoms with Crippen molar-refractivity contribution in [2.45, 2.75) is 38.1 Å². The summed E-state index contributed by atoms with van der Waals surface area (Å²) < 4.78 is 13.2. The molecule has 8 heteroatoms. The van der Waals surface area contributed by atoms with Crippen molar-refractivity contribution < 1.29 is 9.18 Å². The zero-order chi connectivity index (χ0) is 22.6. The van der Waals surface area contributed by atoms with Gasteiger partial charge in [0.2, 0.25) is 6.41 Å². The highest BCUT2D eigenvalue weighted by atomic mass is 19.1. The number of nitrogens with one attached hydrogen (secondary N) is 4. The molecule has 2 heterocycles. The third kappa shape index (κ3) is 7.55. The maximum Gasteiger partial charge on any atom is 0.212 e. The molecule has 1 aliphatic rings. The molecule has 0 saturated carbocycles. The van der Waals surface area contributed by atoms with Gasteiger partial charge in [-0.25, -0.2) is 9.37 Å². The summed E-state index contributed by atoms with van der Waals surface area (Å²) in [6, 6.07) is 11.1. The van der Waals surface area contributed by atoms with Gasteiger partial charge in [0.25, 0.3) is 0 Å². The molecule has 0 bridgehead atoms. The van der Waals surface area contributed by atoms with Crippen molar-refractivity contribution in [1.29, 1.82) is 0 Å². The minimum absolute atomic E-state index is 0.178. The fourth-order valence-corrected chi connectivity index (χ4v) is 4.08. The highest BCUT2D eigenvalue weighted by Gasteiger charge is 2.20. The summed E-state index contributed by atoms with van der Waals surface area (Å²) in [7, 11) is 0. The quantitative estimate of drug-likeness (QED) is 0.230. The van der Waals surface area contributed by atoms with Crippen LogP contribution in [0.2, 0.25) is 0 Å². The standard InChI is InChI=1S/C24H35FN6O/c1-2-31(14-4-13-27-23-5-3-12-28-24(23)30-18-32)17-29-22-11-8-20(15-26-16-22)19-6-9-21(25)10-7-19/h3,5-7,9-10,12,18,20,22,26-27,29H,2,4,8,11,13-17H2,1H3,(H,28,30,32). The van der Waals surface area contributed by atoms with Gasteiger partial charge >= 0.3 is 0 Å². The molecule has 2 atom stereocenters. The zero-order valence-electron chi connectivity index (χ0n) is 18.8. The van der Waals surface area contributed by atoms with Crippen LogP contribution in [0, 0.1) is 5.82 Å². The van der Waals surface area contributed by atoms with Crippen LogP contribution in [0.5, 0.6) is 0 Å². The number of carbonyl (C=O) groups is 1. The van der Waals surface area contributed by atoms with Crippen molar-refractivity contribution in [3.05, 3.63) is 54.0 Å². The van der Waals surface area contributed by atoms with E-state index in [2.05, 4.69) is 38.1 Å². The van der Waals surface area contributed by atoms with E-state index in [1.165, 1.54) is 5.56 Å². The highest BCUT2D eigenvalue weighted by Crippen LogP contribution is 2.23. The third-order valence-electron chi connectivity index (χ3n) is 6.01. The number of rotatable bonds is 12. The minimum Gasteiger partial charge on any atom is -0.382 e. The molecule has 1 amide bonds. The zero-order valence-corrected chi connectivity index (χ0v) is 18.8. The molecular weight excluding hydrogens is 407 g/mol. The molecule has 2 aromatic rings. The van der Waals surface area contributed by atoms with E-state index in [4.69, 9.17) is 0 Å². The second kappa shape index (κ2) is 13.1. The SMILES string of the molecule is CCN(CCCNc1cccnc1NC=O)CNC1CCC(c2ccc(F)cc2)CNC1. The average molecular weight is 443 g/mol. The van der Waals surface area contributed by atoms with Crippen molar-refractivity contribution in [2.75, 3.05) is 50.0 Å². The number of hydrogen-bond acceptors (Lipinski definition) is 6. The Hall–Kier alpha value is -2.55. The van der Waals surface area contributed by atoms with E-state index >= 15 is 0 Å². The third-order valence-corrected chi connectivity index (χ3v) is 6.01. The molecule has 4 N–H and O–H groups in total. The summed E-state index contributed by atoms with van der Waals surface area (Å²) in [6.45, 7) is 7.68. The van der Waals surface area contributed by atoms with E-state index in [-0.39, 0.29) is 5.82 Å². The predicted octanol–water partition coefficient (Wildman–Crippen LogP) is 3.00. The number of halogens is 1. The van der Waals surface area contributed by atoms with Crippen molar-refractivity contribution >= 4 is 17.9 Å². The smallest absolute Gasteiger partial charge is 0.212 e. The van der Waals surface area contributed by atoms with Gasteiger partial charge in [-0.05, 0) is 61.6 Å². The van der Waals surface area contributed by atoms with E-state index in [1.54, 1.807) is 18.3 Å². The number of aromatic nitrogens is 1. The molecular formula is C24H35FN6O. The molecule has 174 valence electrons. The molecule has 1 aromatic carbocycles. The Labute approximate surface area is 190 Å². The highest BCUT2D eigenvalue weighted by molar-refractivity contribution is 5.77. The topological polar surface area (TPSA) is 81.3 Å². The number of amides is 1. The van der Waals surface area contributed by atoms with Crippen LogP contribution in [0.1, 0.15) is 37.7 Å². The Morgan fingerprint density at radius 3 is 2.84 bits per heavy atom. The number of nitrogens with zero attached hydrogens (tertiary/aromatic N) is 2. The van der Waals surface area contributed by atoms with E-state index in [0.29, 0.717) is 24.2 Å². The number of pyridine rings is 1. The van der Waals surface area contributed by atoms with Gasteiger partial charge in [0, 0.05) is 45.1 Å².